The smallest absolute Gasteiger partial charge is 0.328 e. The van der Waals surface area contributed by atoms with Crippen LogP contribution in [0.3, 0.4) is 0 Å². The van der Waals surface area contributed by atoms with E-state index in [9.17, 15) is 9.59 Å². The maximum absolute atomic E-state index is 12.3. The van der Waals surface area contributed by atoms with Crippen LogP contribution in [0.4, 0.5) is 0 Å². The van der Waals surface area contributed by atoms with Gasteiger partial charge in [-0.3, -0.25) is 9.59 Å². The molecule has 0 unspecified atom stereocenters. The van der Waals surface area contributed by atoms with E-state index in [1.54, 1.807) is 24.3 Å². The molecule has 0 N–H and O–H groups in total. The number of carbonyl (C=O) groups is 2. The van der Waals surface area contributed by atoms with E-state index in [4.69, 9.17) is 21.1 Å². The summed E-state index contributed by atoms with van der Waals surface area (Å²) in [6.07, 6.45) is 10.8. The second-order valence-electron chi connectivity index (χ2n) is 7.43. The lowest BCUT2D eigenvalue weighted by atomic mass is 9.94. The predicted octanol–water partition coefficient (Wildman–Crippen LogP) is 6.35. The summed E-state index contributed by atoms with van der Waals surface area (Å²) in [5.41, 5.74) is -1.35. The van der Waals surface area contributed by atoms with Crippen molar-refractivity contribution in [2.24, 2.45) is 5.41 Å². The lowest BCUT2D eigenvalue weighted by Gasteiger charge is -2.20. The van der Waals surface area contributed by atoms with Crippen LogP contribution in [0.25, 0.3) is 0 Å². The number of esters is 2. The summed E-state index contributed by atoms with van der Waals surface area (Å²) in [7, 11) is 0. The number of carbonyl (C=O) groups excluding carboxylic acids is 2. The molecule has 0 aliphatic carbocycles. The summed E-state index contributed by atoms with van der Waals surface area (Å²) in [6, 6.07) is 6.42. The highest BCUT2D eigenvalue weighted by Gasteiger charge is 2.39. The number of hydrogen-bond acceptors (Lipinski definition) is 4. The Bertz CT molecular complexity index is 566. The molecule has 0 atom stereocenters. The van der Waals surface area contributed by atoms with Crippen LogP contribution in [-0.2, 0) is 14.3 Å². The Morgan fingerprint density at radius 3 is 1.93 bits per heavy atom. The molecule has 0 aliphatic heterocycles. The molecule has 4 nitrogen and oxygen atoms in total. The van der Waals surface area contributed by atoms with E-state index in [1.807, 2.05) is 0 Å². The van der Waals surface area contributed by atoms with E-state index in [0.717, 1.165) is 19.3 Å². The molecule has 1 aromatic rings. The highest BCUT2D eigenvalue weighted by molar-refractivity contribution is 6.30. The molecule has 0 aliphatic rings. The molecule has 0 radical (unpaired) electrons. The van der Waals surface area contributed by atoms with Crippen molar-refractivity contribution in [3.8, 4) is 5.75 Å². The Kier molecular flexibility index (Phi) is 11.1. The summed E-state index contributed by atoms with van der Waals surface area (Å²) in [5, 5.41) is 0.550. The fourth-order valence-corrected chi connectivity index (χ4v) is 2.70. The summed E-state index contributed by atoms with van der Waals surface area (Å²) in [5.74, 6) is -0.841. The van der Waals surface area contributed by atoms with Gasteiger partial charge in [-0.15, -0.1) is 0 Å². The van der Waals surface area contributed by atoms with Gasteiger partial charge in [0.2, 0.25) is 0 Å². The minimum atomic E-state index is -1.35. The fourth-order valence-electron chi connectivity index (χ4n) is 2.58. The van der Waals surface area contributed by atoms with E-state index < -0.39 is 17.4 Å². The van der Waals surface area contributed by atoms with Gasteiger partial charge in [0.25, 0.3) is 0 Å². The number of hydrogen-bond donors (Lipinski definition) is 0. The molecule has 27 heavy (non-hydrogen) atoms. The van der Waals surface area contributed by atoms with Gasteiger partial charge in [0.15, 0.2) is 5.41 Å². The Hall–Kier alpha value is -1.55. The Morgan fingerprint density at radius 2 is 1.37 bits per heavy atom. The maximum atomic E-state index is 12.3. The molecule has 1 rings (SSSR count). The van der Waals surface area contributed by atoms with Gasteiger partial charge in [-0.2, -0.15) is 0 Å². The summed E-state index contributed by atoms with van der Waals surface area (Å²) in [4.78, 5) is 24.5. The van der Waals surface area contributed by atoms with Crippen LogP contribution in [0, 0.1) is 5.41 Å². The van der Waals surface area contributed by atoms with E-state index in [-0.39, 0.29) is 0 Å². The first kappa shape index (κ1) is 23.5. The van der Waals surface area contributed by atoms with Gasteiger partial charge >= 0.3 is 11.9 Å². The molecule has 0 fully saturated rings. The van der Waals surface area contributed by atoms with Crippen LogP contribution >= 0.6 is 11.6 Å². The van der Waals surface area contributed by atoms with Gasteiger partial charge in [-0.25, -0.2) is 0 Å². The van der Waals surface area contributed by atoms with E-state index >= 15 is 0 Å². The zero-order valence-electron chi connectivity index (χ0n) is 16.9. The first-order valence-corrected chi connectivity index (χ1v) is 10.4. The van der Waals surface area contributed by atoms with Crippen LogP contribution in [0.2, 0.25) is 5.02 Å². The van der Waals surface area contributed by atoms with Gasteiger partial charge < -0.3 is 9.47 Å². The van der Waals surface area contributed by atoms with Crippen LogP contribution in [0.5, 0.6) is 5.75 Å². The molecule has 0 heterocycles. The van der Waals surface area contributed by atoms with E-state index in [2.05, 4.69) is 6.92 Å². The monoisotopic (exact) mass is 396 g/mol. The zero-order valence-corrected chi connectivity index (χ0v) is 17.6. The van der Waals surface area contributed by atoms with Crippen molar-refractivity contribution in [2.45, 2.75) is 78.6 Å². The number of halogens is 1. The average molecular weight is 397 g/mol. The number of unbranched alkanes of at least 4 members (excludes halogenated alkanes) is 8. The zero-order chi connectivity index (χ0) is 20.1. The normalized spacial score (nSPS) is 11.3. The Labute approximate surface area is 168 Å². The van der Waals surface area contributed by atoms with Crippen molar-refractivity contribution in [3.05, 3.63) is 29.3 Å². The van der Waals surface area contributed by atoms with Gasteiger partial charge in [-0.1, -0.05) is 69.9 Å². The van der Waals surface area contributed by atoms with E-state index in [1.165, 1.54) is 52.4 Å². The molecular formula is C22H33ClO4. The van der Waals surface area contributed by atoms with Crippen molar-refractivity contribution in [3.63, 3.8) is 0 Å². The van der Waals surface area contributed by atoms with Gasteiger partial charge in [-0.05, 0) is 44.5 Å². The molecule has 0 saturated carbocycles. The van der Waals surface area contributed by atoms with Crippen LogP contribution in [0.15, 0.2) is 24.3 Å². The third-order valence-corrected chi connectivity index (χ3v) is 4.78. The van der Waals surface area contributed by atoms with Crippen molar-refractivity contribution >= 4 is 23.5 Å². The molecular weight excluding hydrogens is 364 g/mol. The molecule has 152 valence electrons. The quantitative estimate of drug-likeness (QED) is 0.169. The summed E-state index contributed by atoms with van der Waals surface area (Å²) in [6.45, 7) is 5.60. The Balaban J connectivity index is 2.22. The van der Waals surface area contributed by atoms with Crippen molar-refractivity contribution < 1.29 is 19.1 Å². The Morgan fingerprint density at radius 1 is 0.852 bits per heavy atom. The molecule has 0 amide bonds. The minimum Gasteiger partial charge on any atom is -0.465 e. The predicted molar refractivity (Wildman–Crippen MR) is 109 cm³/mol. The first-order valence-electron chi connectivity index (χ1n) is 10.0. The molecule has 0 saturated heterocycles. The SMILES string of the molecule is CCCCCCCCCCCOC(=O)C(C)(C)C(=O)Oc1ccc(Cl)cc1. The fraction of sp³-hybridized carbons (Fsp3) is 0.636. The number of benzene rings is 1. The largest absolute Gasteiger partial charge is 0.465 e. The molecule has 1 aromatic carbocycles. The van der Waals surface area contributed by atoms with Crippen molar-refractivity contribution in [1.82, 2.24) is 0 Å². The van der Waals surface area contributed by atoms with Crippen molar-refractivity contribution in [1.29, 1.82) is 0 Å². The number of ether oxygens (including phenoxy) is 2. The minimum absolute atomic E-state index is 0.340. The first-order chi connectivity index (χ1) is 12.9. The van der Waals surface area contributed by atoms with Gasteiger partial charge in [0, 0.05) is 5.02 Å². The summed E-state index contributed by atoms with van der Waals surface area (Å²) < 4.78 is 10.5. The lowest BCUT2D eigenvalue weighted by Crippen LogP contribution is -2.38. The highest BCUT2D eigenvalue weighted by atomic mass is 35.5. The number of rotatable bonds is 13. The average Bonchev–Trinajstić information content (AvgIpc) is 2.64. The lowest BCUT2D eigenvalue weighted by molar-refractivity contribution is -0.164. The van der Waals surface area contributed by atoms with Crippen molar-refractivity contribution in [2.75, 3.05) is 6.61 Å². The second-order valence-corrected chi connectivity index (χ2v) is 7.87. The highest BCUT2D eigenvalue weighted by Crippen LogP contribution is 2.23. The summed E-state index contributed by atoms with van der Waals surface area (Å²) >= 11 is 5.80. The van der Waals surface area contributed by atoms with Crippen LogP contribution < -0.4 is 4.74 Å². The molecule has 0 aromatic heterocycles. The molecule has 0 bridgehead atoms. The van der Waals surface area contributed by atoms with Crippen LogP contribution in [0.1, 0.15) is 78.6 Å². The van der Waals surface area contributed by atoms with Crippen LogP contribution in [-0.4, -0.2) is 18.5 Å². The molecule has 0 spiro atoms. The van der Waals surface area contributed by atoms with Gasteiger partial charge in [0.05, 0.1) is 6.61 Å². The topological polar surface area (TPSA) is 52.6 Å². The van der Waals surface area contributed by atoms with E-state index in [0.29, 0.717) is 17.4 Å². The molecule has 5 heteroatoms. The van der Waals surface area contributed by atoms with Gasteiger partial charge in [0.1, 0.15) is 5.75 Å². The standard InChI is InChI=1S/C22H33ClO4/c1-4-5-6-7-8-9-10-11-12-17-26-20(24)22(2,3)21(25)27-19-15-13-18(23)14-16-19/h13-16H,4-12,17H2,1-3H3. The third-order valence-electron chi connectivity index (χ3n) is 4.53. The second kappa shape index (κ2) is 12.8. The third kappa shape index (κ3) is 9.28. The maximum Gasteiger partial charge on any atom is 0.328 e.